The van der Waals surface area contributed by atoms with E-state index in [2.05, 4.69) is 15.6 Å². The highest BCUT2D eigenvalue weighted by atomic mass is 35.5. The van der Waals surface area contributed by atoms with E-state index in [0.717, 1.165) is 12.3 Å². The molecule has 1 aliphatic rings. The lowest BCUT2D eigenvalue weighted by atomic mass is 10.0. The first-order valence-electron chi connectivity index (χ1n) is 8.92. The van der Waals surface area contributed by atoms with Crippen LogP contribution in [0.15, 0.2) is 12.3 Å². The van der Waals surface area contributed by atoms with E-state index in [9.17, 15) is 22.8 Å². The monoisotopic (exact) mass is 420 g/mol. The molecule has 0 unspecified atom stereocenters. The van der Waals surface area contributed by atoms with Crippen LogP contribution in [0.2, 0.25) is 5.02 Å². The molecule has 0 bridgehead atoms. The number of nitrogens with zero attached hydrogens (tertiary/aromatic N) is 2. The van der Waals surface area contributed by atoms with Crippen LogP contribution in [-0.2, 0) is 15.8 Å². The lowest BCUT2D eigenvalue weighted by Gasteiger charge is -2.28. The quantitative estimate of drug-likeness (QED) is 0.768. The normalized spacial score (nSPS) is 17.8. The highest BCUT2D eigenvalue weighted by Gasteiger charge is 2.35. The topological polar surface area (TPSA) is 74.3 Å². The van der Waals surface area contributed by atoms with Gasteiger partial charge in [-0.25, -0.2) is 4.98 Å². The number of carbonyl (C=O) groups excluding carboxylic acids is 2. The molecule has 2 N–H and O–H groups in total. The number of amides is 2. The lowest BCUT2D eigenvalue weighted by Crippen LogP contribution is -2.57. The fraction of sp³-hybridized carbons (Fsp3) is 0.611. The Labute approximate surface area is 166 Å². The van der Waals surface area contributed by atoms with Crippen LogP contribution in [-0.4, -0.2) is 41.5 Å². The second-order valence-electron chi connectivity index (χ2n) is 7.70. The average Bonchev–Trinajstić information content (AvgIpc) is 3.01. The molecule has 1 aliphatic heterocycles. The molecule has 10 heteroatoms. The van der Waals surface area contributed by atoms with E-state index in [1.165, 1.54) is 0 Å². The lowest BCUT2D eigenvalue weighted by molar-refractivity contribution is -0.137. The van der Waals surface area contributed by atoms with Crippen molar-refractivity contribution in [2.75, 3.05) is 18.0 Å². The Kier molecular flexibility index (Phi) is 6.48. The van der Waals surface area contributed by atoms with E-state index >= 15 is 0 Å². The first-order chi connectivity index (χ1) is 12.8. The number of anilines is 1. The summed E-state index contributed by atoms with van der Waals surface area (Å²) in [5, 5.41) is 5.48. The van der Waals surface area contributed by atoms with E-state index in [4.69, 9.17) is 11.6 Å². The number of carbonyl (C=O) groups is 2. The van der Waals surface area contributed by atoms with E-state index < -0.39 is 17.3 Å². The fourth-order valence-corrected chi connectivity index (χ4v) is 3.05. The minimum atomic E-state index is -4.51. The van der Waals surface area contributed by atoms with Crippen LogP contribution in [0.3, 0.4) is 0 Å². The number of rotatable bonds is 5. The average molecular weight is 421 g/mol. The van der Waals surface area contributed by atoms with E-state index in [1.807, 2.05) is 0 Å². The number of hydrogen-bond donors (Lipinski definition) is 2. The number of nitrogens with one attached hydrogen (secondary N) is 2. The van der Waals surface area contributed by atoms with Gasteiger partial charge in [0.25, 0.3) is 0 Å². The maximum absolute atomic E-state index is 12.7. The van der Waals surface area contributed by atoms with Crippen LogP contribution >= 0.6 is 11.6 Å². The predicted molar refractivity (Wildman–Crippen MR) is 100 cm³/mol. The van der Waals surface area contributed by atoms with E-state index in [-0.39, 0.29) is 34.6 Å². The molecule has 0 saturated carbocycles. The third-order valence-corrected chi connectivity index (χ3v) is 4.78. The Morgan fingerprint density at radius 3 is 2.50 bits per heavy atom. The largest absolute Gasteiger partial charge is 0.417 e. The highest BCUT2D eigenvalue weighted by molar-refractivity contribution is 6.33. The minimum absolute atomic E-state index is 0.0914. The SMILES string of the molecule is CC(C)C(=O)NC(C)(C)C(=O)N[C@@H]1CCN(c2ncc(C(F)(F)F)cc2Cl)C1. The first kappa shape index (κ1) is 22.3. The van der Waals surface area contributed by atoms with E-state index in [0.29, 0.717) is 19.5 Å². The van der Waals surface area contributed by atoms with Crippen molar-refractivity contribution in [3.05, 3.63) is 22.8 Å². The van der Waals surface area contributed by atoms with Gasteiger partial charge in [-0.15, -0.1) is 0 Å². The van der Waals surface area contributed by atoms with Crippen LogP contribution in [0.1, 0.15) is 39.7 Å². The van der Waals surface area contributed by atoms with Crippen LogP contribution in [0.4, 0.5) is 19.0 Å². The molecular weight excluding hydrogens is 397 g/mol. The van der Waals surface area contributed by atoms with Crippen molar-refractivity contribution < 1.29 is 22.8 Å². The highest BCUT2D eigenvalue weighted by Crippen LogP contribution is 2.34. The van der Waals surface area contributed by atoms with Crippen molar-refractivity contribution in [1.82, 2.24) is 15.6 Å². The van der Waals surface area contributed by atoms with Gasteiger partial charge in [-0.3, -0.25) is 9.59 Å². The van der Waals surface area contributed by atoms with Crippen molar-refractivity contribution in [3.8, 4) is 0 Å². The van der Waals surface area contributed by atoms with Gasteiger partial charge in [0.2, 0.25) is 11.8 Å². The van der Waals surface area contributed by atoms with Gasteiger partial charge in [-0.2, -0.15) is 13.2 Å². The van der Waals surface area contributed by atoms with Crippen molar-refractivity contribution >= 4 is 29.2 Å². The number of aromatic nitrogens is 1. The molecule has 1 aromatic rings. The van der Waals surface area contributed by atoms with Gasteiger partial charge in [-0.1, -0.05) is 25.4 Å². The first-order valence-corrected chi connectivity index (χ1v) is 9.29. The number of hydrogen-bond acceptors (Lipinski definition) is 4. The molecular formula is C18H24ClF3N4O2. The smallest absolute Gasteiger partial charge is 0.353 e. The van der Waals surface area contributed by atoms with Crippen LogP contribution in [0.25, 0.3) is 0 Å². The third-order valence-electron chi connectivity index (χ3n) is 4.50. The molecule has 0 aromatic carbocycles. The molecule has 2 rings (SSSR count). The van der Waals surface area contributed by atoms with Gasteiger partial charge in [-0.05, 0) is 26.3 Å². The summed E-state index contributed by atoms with van der Waals surface area (Å²) in [5.41, 5.74) is -1.99. The Bertz CT molecular complexity index is 753. The molecule has 0 spiro atoms. The molecule has 1 aromatic heterocycles. The molecule has 1 fully saturated rings. The summed E-state index contributed by atoms with van der Waals surface area (Å²) in [6, 6.07) is 0.614. The van der Waals surface area contributed by atoms with Crippen molar-refractivity contribution in [2.24, 2.45) is 5.92 Å². The standard InChI is InChI=1S/C18H24ClF3N4O2/c1-10(2)15(27)25-17(3,4)16(28)24-12-5-6-26(9-12)14-13(19)7-11(8-23-14)18(20,21)22/h7-8,10,12H,5-6,9H2,1-4H3,(H,24,28)(H,25,27)/t12-/m1/s1. The zero-order valence-corrected chi connectivity index (χ0v) is 16.9. The van der Waals surface area contributed by atoms with Crippen LogP contribution in [0.5, 0.6) is 0 Å². The predicted octanol–water partition coefficient (Wildman–Crippen LogP) is 3.00. The van der Waals surface area contributed by atoms with Crippen molar-refractivity contribution in [2.45, 2.75) is 51.9 Å². The molecule has 0 radical (unpaired) electrons. The summed E-state index contributed by atoms with van der Waals surface area (Å²) in [4.78, 5) is 30.0. The minimum Gasteiger partial charge on any atom is -0.353 e. The Morgan fingerprint density at radius 2 is 1.96 bits per heavy atom. The molecule has 1 atom stereocenters. The zero-order chi connectivity index (χ0) is 21.3. The Balaban J connectivity index is 2.00. The number of pyridine rings is 1. The summed E-state index contributed by atoms with van der Waals surface area (Å²) in [6.07, 6.45) is -3.18. The number of alkyl halides is 3. The van der Waals surface area contributed by atoms with Gasteiger partial charge >= 0.3 is 6.18 Å². The summed E-state index contributed by atoms with van der Waals surface area (Å²) in [7, 11) is 0. The maximum Gasteiger partial charge on any atom is 0.417 e. The van der Waals surface area contributed by atoms with Crippen molar-refractivity contribution in [1.29, 1.82) is 0 Å². The van der Waals surface area contributed by atoms with Gasteiger partial charge in [0.15, 0.2) is 0 Å². The molecule has 6 nitrogen and oxygen atoms in total. The second kappa shape index (κ2) is 8.14. The summed E-state index contributed by atoms with van der Waals surface area (Å²) >= 11 is 5.99. The van der Waals surface area contributed by atoms with Gasteiger partial charge in [0.1, 0.15) is 11.4 Å². The van der Waals surface area contributed by atoms with Gasteiger partial charge < -0.3 is 15.5 Å². The molecule has 1 saturated heterocycles. The fourth-order valence-electron chi connectivity index (χ4n) is 2.76. The van der Waals surface area contributed by atoms with Gasteiger partial charge in [0.05, 0.1) is 10.6 Å². The summed E-state index contributed by atoms with van der Waals surface area (Å²) < 4.78 is 38.2. The molecule has 2 amide bonds. The van der Waals surface area contributed by atoms with Crippen LogP contribution in [0, 0.1) is 5.92 Å². The molecule has 0 aliphatic carbocycles. The Hall–Kier alpha value is -2.03. The van der Waals surface area contributed by atoms with Crippen molar-refractivity contribution in [3.63, 3.8) is 0 Å². The zero-order valence-electron chi connectivity index (χ0n) is 16.2. The molecule has 156 valence electrons. The van der Waals surface area contributed by atoms with Gasteiger partial charge in [0, 0.05) is 31.2 Å². The second-order valence-corrected chi connectivity index (χ2v) is 8.11. The molecule has 2 heterocycles. The maximum atomic E-state index is 12.7. The van der Waals surface area contributed by atoms with E-state index in [1.54, 1.807) is 32.6 Å². The summed E-state index contributed by atoms with van der Waals surface area (Å²) in [5.74, 6) is -0.561. The van der Waals surface area contributed by atoms with Crippen LogP contribution < -0.4 is 15.5 Å². The molecule has 28 heavy (non-hydrogen) atoms. The third kappa shape index (κ3) is 5.27. The number of halogens is 4. The summed E-state index contributed by atoms with van der Waals surface area (Å²) in [6.45, 7) is 7.55. The Morgan fingerprint density at radius 1 is 1.32 bits per heavy atom.